The molecular formula is C19H32N2O. The molecule has 0 radical (unpaired) electrons. The zero-order valence-electron chi connectivity index (χ0n) is 13.9. The van der Waals surface area contributed by atoms with Gasteiger partial charge in [0.1, 0.15) is 0 Å². The van der Waals surface area contributed by atoms with Crippen LogP contribution in [0.1, 0.15) is 44.1 Å². The van der Waals surface area contributed by atoms with Gasteiger partial charge in [0.25, 0.3) is 0 Å². The number of benzene rings is 1. The minimum atomic E-state index is 0.440. The molecule has 0 saturated carbocycles. The Labute approximate surface area is 135 Å². The summed E-state index contributed by atoms with van der Waals surface area (Å²) < 4.78 is 5.74. The van der Waals surface area contributed by atoms with E-state index in [1.54, 1.807) is 0 Å². The minimum Gasteiger partial charge on any atom is -0.381 e. The molecule has 1 aromatic carbocycles. The van der Waals surface area contributed by atoms with E-state index in [0.717, 1.165) is 26.1 Å². The van der Waals surface area contributed by atoms with Gasteiger partial charge in [-0.3, -0.25) is 0 Å². The topological polar surface area (TPSA) is 38.5 Å². The van der Waals surface area contributed by atoms with Gasteiger partial charge >= 0.3 is 0 Å². The van der Waals surface area contributed by atoms with Gasteiger partial charge in [0.05, 0.1) is 0 Å². The predicted molar refractivity (Wildman–Crippen MR) is 93.1 cm³/mol. The number of likely N-dealkylation sites (tertiary alicyclic amines) is 1. The van der Waals surface area contributed by atoms with Crippen LogP contribution >= 0.6 is 0 Å². The van der Waals surface area contributed by atoms with Gasteiger partial charge in [-0.25, -0.2) is 0 Å². The molecule has 0 spiro atoms. The maximum absolute atomic E-state index is 5.92. The van der Waals surface area contributed by atoms with Crippen molar-refractivity contribution in [1.82, 2.24) is 4.90 Å². The molecule has 124 valence electrons. The summed E-state index contributed by atoms with van der Waals surface area (Å²) in [5.41, 5.74) is 7.36. The van der Waals surface area contributed by atoms with Crippen molar-refractivity contribution in [3.8, 4) is 0 Å². The van der Waals surface area contributed by atoms with E-state index in [1.165, 1.54) is 57.3 Å². The highest BCUT2D eigenvalue weighted by Gasteiger charge is 2.14. The predicted octanol–water partition coefficient (Wildman–Crippen LogP) is 3.23. The number of hydrogen-bond donors (Lipinski definition) is 1. The number of unbranched alkanes of at least 4 members (excludes halogenated alkanes) is 2. The molecule has 0 amide bonds. The first-order valence-electron chi connectivity index (χ1n) is 8.94. The van der Waals surface area contributed by atoms with Gasteiger partial charge in [0.15, 0.2) is 0 Å². The molecule has 1 aliphatic rings. The second-order valence-electron chi connectivity index (χ2n) is 6.44. The molecule has 0 bridgehead atoms. The van der Waals surface area contributed by atoms with Gasteiger partial charge in [0, 0.05) is 19.3 Å². The number of ether oxygens (including phenoxy) is 1. The molecule has 2 rings (SSSR count). The first-order chi connectivity index (χ1) is 10.8. The van der Waals surface area contributed by atoms with E-state index in [0.29, 0.717) is 6.04 Å². The smallest absolute Gasteiger partial charge is 0.0466 e. The van der Waals surface area contributed by atoms with Crippen LogP contribution < -0.4 is 5.73 Å². The highest BCUT2D eigenvalue weighted by molar-refractivity contribution is 5.14. The van der Waals surface area contributed by atoms with Gasteiger partial charge in [-0.2, -0.15) is 0 Å². The average Bonchev–Trinajstić information content (AvgIpc) is 2.56. The van der Waals surface area contributed by atoms with Crippen molar-refractivity contribution < 1.29 is 4.74 Å². The van der Waals surface area contributed by atoms with Gasteiger partial charge in [-0.15, -0.1) is 0 Å². The van der Waals surface area contributed by atoms with E-state index in [2.05, 4.69) is 35.2 Å². The Morgan fingerprint density at radius 2 is 1.64 bits per heavy atom. The fourth-order valence-corrected chi connectivity index (χ4v) is 3.00. The maximum atomic E-state index is 5.92. The van der Waals surface area contributed by atoms with Crippen molar-refractivity contribution >= 4 is 0 Å². The van der Waals surface area contributed by atoms with Gasteiger partial charge in [-0.1, -0.05) is 30.3 Å². The minimum absolute atomic E-state index is 0.440. The lowest BCUT2D eigenvalue weighted by Crippen LogP contribution is -2.40. The third kappa shape index (κ3) is 7.39. The van der Waals surface area contributed by atoms with E-state index in [1.807, 2.05) is 0 Å². The molecule has 0 atom stereocenters. The quantitative estimate of drug-likeness (QED) is 0.675. The van der Waals surface area contributed by atoms with Crippen LogP contribution in [0.2, 0.25) is 0 Å². The fourth-order valence-electron chi connectivity index (χ4n) is 3.00. The summed E-state index contributed by atoms with van der Waals surface area (Å²) in [6, 6.07) is 11.1. The maximum Gasteiger partial charge on any atom is 0.0466 e. The van der Waals surface area contributed by atoms with Crippen LogP contribution in [-0.2, 0) is 11.2 Å². The van der Waals surface area contributed by atoms with E-state index in [9.17, 15) is 0 Å². The number of nitrogens with zero attached hydrogens (tertiary/aromatic N) is 1. The Morgan fingerprint density at radius 1 is 0.955 bits per heavy atom. The summed E-state index contributed by atoms with van der Waals surface area (Å²) in [4.78, 5) is 2.54. The summed E-state index contributed by atoms with van der Waals surface area (Å²) in [5.74, 6) is 0. The van der Waals surface area contributed by atoms with Crippen LogP contribution in [-0.4, -0.2) is 43.8 Å². The number of aryl methyl sites for hydroxylation is 1. The largest absolute Gasteiger partial charge is 0.381 e. The monoisotopic (exact) mass is 304 g/mol. The summed E-state index contributed by atoms with van der Waals surface area (Å²) in [7, 11) is 0. The molecule has 22 heavy (non-hydrogen) atoms. The highest BCUT2D eigenvalue weighted by atomic mass is 16.5. The lowest BCUT2D eigenvalue weighted by Gasteiger charge is -2.29. The van der Waals surface area contributed by atoms with Gasteiger partial charge in [0.2, 0.25) is 0 Å². The van der Waals surface area contributed by atoms with Crippen molar-refractivity contribution in [1.29, 1.82) is 0 Å². The number of nitrogens with two attached hydrogens (primary N) is 1. The average molecular weight is 304 g/mol. The Bertz CT molecular complexity index is 374. The van der Waals surface area contributed by atoms with Crippen molar-refractivity contribution in [2.45, 2.75) is 51.0 Å². The molecule has 1 heterocycles. The van der Waals surface area contributed by atoms with Gasteiger partial charge < -0.3 is 15.4 Å². The third-order valence-electron chi connectivity index (χ3n) is 4.49. The van der Waals surface area contributed by atoms with Crippen molar-refractivity contribution in [2.24, 2.45) is 5.73 Å². The second-order valence-corrected chi connectivity index (χ2v) is 6.44. The summed E-state index contributed by atoms with van der Waals surface area (Å²) in [6.07, 6.45) is 8.31. The number of piperidine rings is 1. The molecule has 1 saturated heterocycles. The number of rotatable bonds is 10. The Balaban J connectivity index is 1.36. The van der Waals surface area contributed by atoms with Crippen LogP contribution in [0.5, 0.6) is 0 Å². The summed E-state index contributed by atoms with van der Waals surface area (Å²) in [6.45, 7) is 5.40. The van der Waals surface area contributed by atoms with E-state index in [4.69, 9.17) is 10.5 Å². The fraction of sp³-hybridized carbons (Fsp3) is 0.684. The molecule has 0 aliphatic carbocycles. The first kappa shape index (κ1) is 17.5. The molecule has 1 aliphatic heterocycles. The standard InChI is InChI=1S/C19H32N2O/c20-19-11-14-21(15-12-19)13-5-7-17-22-16-6-4-10-18-8-2-1-3-9-18/h1-3,8-9,19H,4-7,10-17,20H2. The molecule has 3 heteroatoms. The van der Waals surface area contributed by atoms with Crippen molar-refractivity contribution in [3.63, 3.8) is 0 Å². The molecule has 3 nitrogen and oxygen atoms in total. The van der Waals surface area contributed by atoms with Crippen molar-refractivity contribution in [2.75, 3.05) is 32.8 Å². The first-order valence-corrected chi connectivity index (χ1v) is 8.94. The Morgan fingerprint density at radius 3 is 2.36 bits per heavy atom. The van der Waals surface area contributed by atoms with Crippen LogP contribution in [0.4, 0.5) is 0 Å². The Kier molecular flexibility index (Phi) is 8.54. The molecular weight excluding hydrogens is 272 g/mol. The second kappa shape index (κ2) is 10.8. The molecule has 1 aromatic rings. The van der Waals surface area contributed by atoms with E-state index < -0.39 is 0 Å². The molecule has 1 fully saturated rings. The van der Waals surface area contributed by atoms with Crippen LogP contribution in [0.25, 0.3) is 0 Å². The number of hydrogen-bond acceptors (Lipinski definition) is 3. The normalized spacial score (nSPS) is 17.0. The van der Waals surface area contributed by atoms with E-state index in [-0.39, 0.29) is 0 Å². The van der Waals surface area contributed by atoms with Crippen LogP contribution in [0.3, 0.4) is 0 Å². The van der Waals surface area contributed by atoms with Crippen LogP contribution in [0, 0.1) is 0 Å². The SMILES string of the molecule is NC1CCN(CCCCOCCCCc2ccccc2)CC1. The third-order valence-corrected chi connectivity index (χ3v) is 4.49. The lowest BCUT2D eigenvalue weighted by atomic mass is 10.1. The van der Waals surface area contributed by atoms with Gasteiger partial charge in [-0.05, 0) is 70.1 Å². The summed E-state index contributed by atoms with van der Waals surface area (Å²) >= 11 is 0. The highest BCUT2D eigenvalue weighted by Crippen LogP contribution is 2.09. The molecule has 0 unspecified atom stereocenters. The van der Waals surface area contributed by atoms with E-state index >= 15 is 0 Å². The molecule has 2 N–H and O–H groups in total. The zero-order chi connectivity index (χ0) is 15.5. The summed E-state index contributed by atoms with van der Waals surface area (Å²) in [5, 5.41) is 0. The Hall–Kier alpha value is -0.900. The van der Waals surface area contributed by atoms with Crippen LogP contribution in [0.15, 0.2) is 30.3 Å². The van der Waals surface area contributed by atoms with Crippen molar-refractivity contribution in [3.05, 3.63) is 35.9 Å². The molecule has 0 aromatic heterocycles. The zero-order valence-corrected chi connectivity index (χ0v) is 13.9. The lowest BCUT2D eigenvalue weighted by molar-refractivity contribution is 0.121.